The molecule has 0 aliphatic heterocycles. The Morgan fingerprint density at radius 3 is 2.44 bits per heavy atom. The number of nitrogens with one attached hydrogen (secondary N) is 1. The fourth-order valence-electron chi connectivity index (χ4n) is 1.03. The minimum atomic E-state index is -3.60. The normalized spacial score (nSPS) is 12.4. The summed E-state index contributed by atoms with van der Waals surface area (Å²) in [4.78, 5) is 13.3. The highest BCUT2D eigenvalue weighted by Gasteiger charge is 2.23. The molecule has 90 valence electrons. The Morgan fingerprint density at radius 1 is 1.44 bits per heavy atom. The molecule has 1 N–H and O–H groups in total. The van der Waals surface area contributed by atoms with Gasteiger partial charge in [0.15, 0.2) is 0 Å². The van der Waals surface area contributed by atoms with E-state index in [2.05, 4.69) is 4.98 Å². The number of halogens is 1. The molecule has 0 saturated carbocycles. The predicted molar refractivity (Wildman–Crippen MR) is 62.2 cm³/mol. The zero-order chi connectivity index (χ0) is 12.5. The monoisotopic (exact) mass is 264 g/mol. The van der Waals surface area contributed by atoms with Crippen molar-refractivity contribution in [3.05, 3.63) is 27.6 Å². The lowest BCUT2D eigenvalue weighted by molar-refractivity contribution is 0.410. The van der Waals surface area contributed by atoms with Gasteiger partial charge in [-0.1, -0.05) is 11.6 Å². The Bertz CT molecular complexity index is 536. The van der Waals surface area contributed by atoms with Crippen LogP contribution in [0.25, 0.3) is 0 Å². The average molecular weight is 265 g/mol. The van der Waals surface area contributed by atoms with Crippen molar-refractivity contribution in [2.24, 2.45) is 0 Å². The molecule has 0 aliphatic rings. The van der Waals surface area contributed by atoms with Crippen LogP contribution >= 0.6 is 11.6 Å². The number of aromatic amines is 1. The molecule has 0 amide bonds. The van der Waals surface area contributed by atoms with E-state index < -0.39 is 15.6 Å². The number of hydrogen-bond donors (Lipinski definition) is 1. The van der Waals surface area contributed by atoms with Crippen LogP contribution in [0.3, 0.4) is 0 Å². The van der Waals surface area contributed by atoms with Gasteiger partial charge in [0.25, 0.3) is 5.56 Å². The average Bonchev–Trinajstić information content (AvgIpc) is 2.20. The van der Waals surface area contributed by atoms with E-state index in [-0.39, 0.29) is 16.0 Å². The molecule has 16 heavy (non-hydrogen) atoms. The molecule has 0 spiro atoms. The second-order valence-corrected chi connectivity index (χ2v) is 6.03. The molecule has 0 saturated heterocycles. The Kier molecular flexibility index (Phi) is 3.77. The highest BCUT2D eigenvalue weighted by molar-refractivity contribution is 7.89. The maximum Gasteiger partial charge on any atom is 0.266 e. The van der Waals surface area contributed by atoms with Crippen LogP contribution in [-0.2, 0) is 10.0 Å². The van der Waals surface area contributed by atoms with Gasteiger partial charge >= 0.3 is 0 Å². The van der Waals surface area contributed by atoms with Crippen LogP contribution in [-0.4, -0.2) is 30.8 Å². The third-order valence-electron chi connectivity index (χ3n) is 2.24. The molecular weight excluding hydrogens is 252 g/mol. The highest BCUT2D eigenvalue weighted by Crippen LogP contribution is 2.16. The lowest BCUT2D eigenvalue weighted by Crippen LogP contribution is -2.33. The van der Waals surface area contributed by atoms with E-state index in [9.17, 15) is 13.2 Å². The third kappa shape index (κ3) is 2.45. The van der Waals surface area contributed by atoms with E-state index in [0.717, 1.165) is 12.3 Å². The van der Waals surface area contributed by atoms with Crippen molar-refractivity contribution in [3.8, 4) is 0 Å². The van der Waals surface area contributed by atoms with Gasteiger partial charge in [0.05, 0.1) is 4.90 Å². The van der Waals surface area contributed by atoms with Crippen LogP contribution in [0.4, 0.5) is 0 Å². The summed E-state index contributed by atoms with van der Waals surface area (Å²) in [6.07, 6.45) is 1.14. The van der Waals surface area contributed by atoms with E-state index >= 15 is 0 Å². The van der Waals surface area contributed by atoms with Crippen molar-refractivity contribution in [3.63, 3.8) is 0 Å². The molecule has 0 unspecified atom stereocenters. The first-order chi connectivity index (χ1) is 7.26. The quantitative estimate of drug-likeness (QED) is 0.887. The molecule has 0 aromatic carbocycles. The number of aromatic nitrogens is 1. The largest absolute Gasteiger partial charge is 0.326 e. The Hall–Kier alpha value is -0.850. The fraction of sp³-hybridized carbons (Fsp3) is 0.444. The van der Waals surface area contributed by atoms with Crippen molar-refractivity contribution in [2.75, 3.05) is 7.05 Å². The van der Waals surface area contributed by atoms with Gasteiger partial charge in [0, 0.05) is 19.3 Å². The summed E-state index contributed by atoms with van der Waals surface area (Å²) < 4.78 is 25.2. The maximum absolute atomic E-state index is 12.0. The number of hydrogen-bond acceptors (Lipinski definition) is 3. The topological polar surface area (TPSA) is 70.2 Å². The molecule has 5 nitrogen and oxygen atoms in total. The lowest BCUT2D eigenvalue weighted by Gasteiger charge is -2.20. The van der Waals surface area contributed by atoms with Crippen molar-refractivity contribution in [2.45, 2.75) is 24.8 Å². The van der Waals surface area contributed by atoms with Crippen molar-refractivity contribution < 1.29 is 8.42 Å². The van der Waals surface area contributed by atoms with Crippen LogP contribution in [0.15, 0.2) is 22.0 Å². The standard InChI is InChI=1S/C9H13ClN2O3S/c1-6(2)12(3)16(14,15)7-4-8(10)9(13)11-5-7/h4-6H,1-3H3,(H,11,13). The molecule has 1 heterocycles. The van der Waals surface area contributed by atoms with E-state index in [1.165, 1.54) is 11.4 Å². The molecule has 0 aliphatic carbocycles. The van der Waals surface area contributed by atoms with Gasteiger partial charge in [-0.3, -0.25) is 4.79 Å². The molecule has 0 radical (unpaired) electrons. The molecule has 1 aromatic rings. The number of nitrogens with zero attached hydrogens (tertiary/aromatic N) is 1. The Morgan fingerprint density at radius 2 is 2.00 bits per heavy atom. The summed E-state index contributed by atoms with van der Waals surface area (Å²) in [6, 6.07) is 0.977. The number of sulfonamides is 1. The molecule has 7 heteroatoms. The summed E-state index contributed by atoms with van der Waals surface area (Å²) in [5.74, 6) is 0. The maximum atomic E-state index is 12.0. The van der Waals surface area contributed by atoms with Gasteiger partial charge in [-0.05, 0) is 19.9 Å². The van der Waals surface area contributed by atoms with Crippen molar-refractivity contribution in [1.29, 1.82) is 0 Å². The Labute approximate surface area is 99.1 Å². The number of rotatable bonds is 3. The summed E-state index contributed by atoms with van der Waals surface area (Å²) in [6.45, 7) is 3.51. The van der Waals surface area contributed by atoms with E-state index in [4.69, 9.17) is 11.6 Å². The predicted octanol–water partition coefficient (Wildman–Crippen LogP) is 1.06. The summed E-state index contributed by atoms with van der Waals surface area (Å²) >= 11 is 5.58. The van der Waals surface area contributed by atoms with Crippen molar-refractivity contribution in [1.82, 2.24) is 9.29 Å². The zero-order valence-electron chi connectivity index (χ0n) is 9.19. The van der Waals surface area contributed by atoms with Gasteiger partial charge in [-0.25, -0.2) is 8.42 Å². The van der Waals surface area contributed by atoms with Crippen LogP contribution in [0, 0.1) is 0 Å². The smallest absolute Gasteiger partial charge is 0.266 e. The van der Waals surface area contributed by atoms with E-state index in [0.29, 0.717) is 0 Å². The first kappa shape index (κ1) is 13.2. The summed E-state index contributed by atoms with van der Waals surface area (Å²) in [7, 11) is -2.13. The second kappa shape index (κ2) is 4.57. The third-order valence-corrected chi connectivity index (χ3v) is 4.53. The summed E-state index contributed by atoms with van der Waals surface area (Å²) in [5.41, 5.74) is -0.507. The molecule has 1 rings (SSSR count). The fourth-order valence-corrected chi connectivity index (χ4v) is 2.63. The van der Waals surface area contributed by atoms with Gasteiger partial charge in [0.2, 0.25) is 10.0 Å². The van der Waals surface area contributed by atoms with Gasteiger partial charge in [-0.2, -0.15) is 4.31 Å². The van der Waals surface area contributed by atoms with E-state index in [1.54, 1.807) is 13.8 Å². The van der Waals surface area contributed by atoms with Crippen LogP contribution in [0.5, 0.6) is 0 Å². The molecule has 0 fully saturated rings. The van der Waals surface area contributed by atoms with E-state index in [1.807, 2.05) is 0 Å². The molecule has 1 aromatic heterocycles. The van der Waals surface area contributed by atoms with Gasteiger partial charge in [0.1, 0.15) is 5.02 Å². The highest BCUT2D eigenvalue weighted by atomic mass is 35.5. The minimum absolute atomic E-state index is 0.0201. The summed E-state index contributed by atoms with van der Waals surface area (Å²) in [5, 5.41) is -0.141. The first-order valence-electron chi connectivity index (χ1n) is 4.63. The molecular formula is C9H13ClN2O3S. The SMILES string of the molecule is CC(C)N(C)S(=O)(=O)c1c[nH]c(=O)c(Cl)c1. The molecule has 0 atom stereocenters. The van der Waals surface area contributed by atoms with Crippen LogP contribution in [0.2, 0.25) is 5.02 Å². The lowest BCUT2D eigenvalue weighted by atomic mass is 10.4. The number of H-pyrrole nitrogens is 1. The van der Waals surface area contributed by atoms with Gasteiger partial charge < -0.3 is 4.98 Å². The van der Waals surface area contributed by atoms with Gasteiger partial charge in [-0.15, -0.1) is 0 Å². The van der Waals surface area contributed by atoms with Crippen LogP contribution in [0.1, 0.15) is 13.8 Å². The first-order valence-corrected chi connectivity index (χ1v) is 6.45. The number of pyridine rings is 1. The van der Waals surface area contributed by atoms with Crippen LogP contribution < -0.4 is 5.56 Å². The molecule has 0 bridgehead atoms. The Balaban J connectivity index is 3.28. The minimum Gasteiger partial charge on any atom is -0.326 e. The van der Waals surface area contributed by atoms with Crippen molar-refractivity contribution >= 4 is 21.6 Å². The second-order valence-electron chi connectivity index (χ2n) is 3.63. The zero-order valence-corrected chi connectivity index (χ0v) is 10.8.